The van der Waals surface area contributed by atoms with Gasteiger partial charge in [-0.2, -0.15) is 10.1 Å². The predicted molar refractivity (Wildman–Crippen MR) is 98.7 cm³/mol. The Morgan fingerprint density at radius 2 is 1.83 bits per heavy atom. The minimum atomic E-state index is 0.389. The summed E-state index contributed by atoms with van der Waals surface area (Å²) in [7, 11) is 0. The topological polar surface area (TPSA) is 53.9 Å². The van der Waals surface area contributed by atoms with E-state index >= 15 is 0 Å². The Kier molecular flexibility index (Phi) is 5.13. The number of halogens is 2. The van der Waals surface area contributed by atoms with Gasteiger partial charge in [0.1, 0.15) is 0 Å². The first-order valence-corrected chi connectivity index (χ1v) is 8.17. The maximum Gasteiger partial charge on any atom is 0.249 e. The second kappa shape index (κ2) is 7.47. The van der Waals surface area contributed by atoms with Gasteiger partial charge < -0.3 is 10.2 Å². The Bertz CT molecular complexity index is 826. The molecule has 0 aliphatic carbocycles. The van der Waals surface area contributed by atoms with Crippen LogP contribution in [0.5, 0.6) is 0 Å². The van der Waals surface area contributed by atoms with Crippen molar-refractivity contribution in [1.82, 2.24) is 15.2 Å². The third-order valence-electron chi connectivity index (χ3n) is 3.38. The molecule has 7 heteroatoms. The Morgan fingerprint density at radius 1 is 1.04 bits per heavy atom. The third-order valence-corrected chi connectivity index (χ3v) is 4.12. The molecule has 1 N–H and O–H groups in total. The van der Waals surface area contributed by atoms with Gasteiger partial charge in [0, 0.05) is 17.9 Å². The maximum atomic E-state index is 6.03. The average Bonchev–Trinajstić information content (AvgIpc) is 2.60. The molecule has 5 nitrogen and oxygen atoms in total. The molecule has 0 fully saturated rings. The highest BCUT2D eigenvalue weighted by atomic mass is 35.5. The van der Waals surface area contributed by atoms with E-state index in [9.17, 15) is 0 Å². The van der Waals surface area contributed by atoms with Gasteiger partial charge in [0.15, 0.2) is 5.82 Å². The van der Waals surface area contributed by atoms with Crippen LogP contribution < -0.4 is 10.2 Å². The van der Waals surface area contributed by atoms with Crippen molar-refractivity contribution >= 4 is 46.3 Å². The summed E-state index contributed by atoms with van der Waals surface area (Å²) in [4.78, 5) is 6.58. The maximum absolute atomic E-state index is 6.03. The highest BCUT2D eigenvalue weighted by molar-refractivity contribution is 6.42. The van der Waals surface area contributed by atoms with E-state index in [-0.39, 0.29) is 0 Å². The van der Waals surface area contributed by atoms with Crippen LogP contribution in [0, 0.1) is 0 Å². The number of nitrogens with zero attached hydrogens (tertiary/aromatic N) is 4. The largest absolute Gasteiger partial charge is 0.325 e. The predicted octanol–water partition coefficient (Wildman–Crippen LogP) is 5.08. The third kappa shape index (κ3) is 3.75. The molecule has 0 atom stereocenters. The Morgan fingerprint density at radius 3 is 2.54 bits per heavy atom. The molecule has 0 saturated heterocycles. The Balaban J connectivity index is 1.86. The zero-order valence-corrected chi connectivity index (χ0v) is 14.5. The lowest BCUT2D eigenvalue weighted by Gasteiger charge is -2.21. The second-order valence-electron chi connectivity index (χ2n) is 4.97. The lowest BCUT2D eigenvalue weighted by molar-refractivity contribution is 0.922. The molecule has 3 rings (SSSR count). The summed E-state index contributed by atoms with van der Waals surface area (Å²) in [6.45, 7) is 2.82. The van der Waals surface area contributed by atoms with E-state index in [1.54, 1.807) is 24.4 Å². The zero-order chi connectivity index (χ0) is 16.9. The monoisotopic (exact) mass is 359 g/mol. The highest BCUT2D eigenvalue weighted by Crippen LogP contribution is 2.27. The van der Waals surface area contributed by atoms with E-state index in [1.807, 2.05) is 30.3 Å². The zero-order valence-electron chi connectivity index (χ0n) is 12.9. The van der Waals surface area contributed by atoms with E-state index < -0.39 is 0 Å². The molecule has 3 aromatic rings. The molecule has 1 heterocycles. The fourth-order valence-electron chi connectivity index (χ4n) is 2.27. The molecule has 2 aromatic carbocycles. The van der Waals surface area contributed by atoms with Crippen molar-refractivity contribution in [2.45, 2.75) is 6.92 Å². The van der Waals surface area contributed by atoms with Gasteiger partial charge in [-0.3, -0.25) is 0 Å². The summed E-state index contributed by atoms with van der Waals surface area (Å²) in [6, 6.07) is 15.2. The summed E-state index contributed by atoms with van der Waals surface area (Å²) in [5.41, 5.74) is 1.78. The molecule has 0 radical (unpaired) electrons. The van der Waals surface area contributed by atoms with Gasteiger partial charge in [0.05, 0.1) is 16.2 Å². The molecule has 24 heavy (non-hydrogen) atoms. The molecule has 0 amide bonds. The SMILES string of the molecule is CCN(c1ccccc1)c1cnnc(Nc2ccc(Cl)c(Cl)c2)n1. The number of hydrogen-bond acceptors (Lipinski definition) is 5. The highest BCUT2D eigenvalue weighted by Gasteiger charge is 2.11. The van der Waals surface area contributed by atoms with Gasteiger partial charge in [0.2, 0.25) is 5.95 Å². The van der Waals surface area contributed by atoms with Crippen LogP contribution in [0.15, 0.2) is 54.7 Å². The fourth-order valence-corrected chi connectivity index (χ4v) is 2.56. The molecular weight excluding hydrogens is 345 g/mol. The Labute approximate surface area is 150 Å². The van der Waals surface area contributed by atoms with Gasteiger partial charge in [-0.1, -0.05) is 41.4 Å². The van der Waals surface area contributed by atoms with Crippen LogP contribution in [-0.2, 0) is 0 Å². The van der Waals surface area contributed by atoms with Crippen molar-refractivity contribution in [2.75, 3.05) is 16.8 Å². The van der Waals surface area contributed by atoms with Crippen LogP contribution in [0.1, 0.15) is 6.92 Å². The molecule has 122 valence electrons. The molecule has 0 unspecified atom stereocenters. The Hall–Kier alpha value is -2.37. The summed E-state index contributed by atoms with van der Waals surface area (Å²) < 4.78 is 0. The second-order valence-corrected chi connectivity index (χ2v) is 5.79. The number of para-hydroxylation sites is 1. The smallest absolute Gasteiger partial charge is 0.249 e. The van der Waals surface area contributed by atoms with Crippen LogP contribution in [-0.4, -0.2) is 21.7 Å². The number of rotatable bonds is 5. The van der Waals surface area contributed by atoms with Crippen molar-refractivity contribution in [3.8, 4) is 0 Å². The van der Waals surface area contributed by atoms with Crippen molar-refractivity contribution in [3.63, 3.8) is 0 Å². The molecule has 0 bridgehead atoms. The lowest BCUT2D eigenvalue weighted by atomic mass is 10.3. The van der Waals surface area contributed by atoms with Gasteiger partial charge in [-0.25, -0.2) is 0 Å². The van der Waals surface area contributed by atoms with Gasteiger partial charge in [0.25, 0.3) is 0 Å². The number of aromatic nitrogens is 3. The van der Waals surface area contributed by atoms with Crippen molar-refractivity contribution in [1.29, 1.82) is 0 Å². The first kappa shape index (κ1) is 16.5. The van der Waals surface area contributed by atoms with Crippen LogP contribution >= 0.6 is 23.2 Å². The molecular formula is C17H15Cl2N5. The van der Waals surface area contributed by atoms with Crippen molar-refractivity contribution in [3.05, 3.63) is 64.8 Å². The van der Waals surface area contributed by atoms with E-state index in [0.29, 0.717) is 21.8 Å². The van der Waals surface area contributed by atoms with Crippen LogP contribution in [0.25, 0.3) is 0 Å². The van der Waals surface area contributed by atoms with Gasteiger partial charge in [-0.05, 0) is 37.3 Å². The van der Waals surface area contributed by atoms with Crippen LogP contribution in [0.3, 0.4) is 0 Å². The van der Waals surface area contributed by atoms with E-state index in [0.717, 1.165) is 17.9 Å². The molecule has 0 aliphatic rings. The normalized spacial score (nSPS) is 10.5. The summed E-state index contributed by atoms with van der Waals surface area (Å²) >= 11 is 12.0. The number of nitrogens with one attached hydrogen (secondary N) is 1. The first-order valence-electron chi connectivity index (χ1n) is 7.41. The first-order chi connectivity index (χ1) is 11.7. The lowest BCUT2D eigenvalue weighted by Crippen LogP contribution is -2.18. The molecule has 0 spiro atoms. The number of anilines is 4. The minimum absolute atomic E-state index is 0.389. The summed E-state index contributed by atoms with van der Waals surface area (Å²) in [6.07, 6.45) is 1.64. The van der Waals surface area contributed by atoms with Gasteiger partial charge >= 0.3 is 0 Å². The van der Waals surface area contributed by atoms with Crippen molar-refractivity contribution in [2.24, 2.45) is 0 Å². The quantitative estimate of drug-likeness (QED) is 0.688. The number of benzene rings is 2. The summed E-state index contributed by atoms with van der Waals surface area (Å²) in [5.74, 6) is 1.10. The summed E-state index contributed by atoms with van der Waals surface area (Å²) in [5, 5.41) is 12.1. The minimum Gasteiger partial charge on any atom is -0.325 e. The molecule has 1 aromatic heterocycles. The van der Waals surface area contributed by atoms with E-state index in [1.165, 1.54) is 0 Å². The molecule has 0 saturated carbocycles. The van der Waals surface area contributed by atoms with Crippen molar-refractivity contribution < 1.29 is 0 Å². The molecule has 0 aliphatic heterocycles. The van der Waals surface area contributed by atoms with Gasteiger partial charge in [-0.15, -0.1) is 5.10 Å². The standard InChI is InChI=1S/C17H15Cl2N5/c1-2-24(13-6-4-3-5-7-13)16-11-20-23-17(22-16)21-12-8-9-14(18)15(19)10-12/h3-11H,2H2,1H3,(H,21,22,23). The van der Waals surface area contributed by atoms with E-state index in [2.05, 4.69) is 32.3 Å². The fraction of sp³-hybridized carbons (Fsp3) is 0.118. The average molecular weight is 360 g/mol. The van der Waals surface area contributed by atoms with Crippen LogP contribution in [0.4, 0.5) is 23.1 Å². The van der Waals surface area contributed by atoms with E-state index in [4.69, 9.17) is 23.2 Å². The van der Waals surface area contributed by atoms with Crippen LogP contribution in [0.2, 0.25) is 10.0 Å². The number of hydrogen-bond donors (Lipinski definition) is 1.